The number of nitrogens with one attached hydrogen (secondary N) is 1. The summed E-state index contributed by atoms with van der Waals surface area (Å²) in [5.74, 6) is -0.315. The van der Waals surface area contributed by atoms with Crippen molar-refractivity contribution in [1.29, 1.82) is 0 Å². The van der Waals surface area contributed by atoms with Crippen LogP contribution in [0.4, 0.5) is 11.4 Å². The first-order valence-electron chi connectivity index (χ1n) is 9.52. The van der Waals surface area contributed by atoms with E-state index in [1.54, 1.807) is 71.4 Å². The maximum Gasteiger partial charge on any atom is 0.343 e. The van der Waals surface area contributed by atoms with E-state index in [1.165, 1.54) is 6.20 Å². The monoisotopic (exact) mass is 404 g/mol. The lowest BCUT2D eigenvalue weighted by molar-refractivity contribution is -0.117. The highest BCUT2D eigenvalue weighted by atomic mass is 16.5. The number of aromatic nitrogens is 2. The molecule has 30 heavy (non-hydrogen) atoms. The number of aryl methyl sites for hydroxylation is 1. The number of anilines is 2. The minimum Gasteiger partial charge on any atom is -0.423 e. The molecule has 2 aromatic carbocycles. The summed E-state index contributed by atoms with van der Waals surface area (Å²) in [6, 6.07) is 13.3. The third kappa shape index (κ3) is 4.22. The van der Waals surface area contributed by atoms with Gasteiger partial charge in [0.25, 0.3) is 5.91 Å². The van der Waals surface area contributed by atoms with Gasteiger partial charge in [0.05, 0.1) is 17.3 Å². The van der Waals surface area contributed by atoms with Crippen molar-refractivity contribution >= 4 is 29.2 Å². The maximum absolute atomic E-state index is 12.4. The Hall–Kier alpha value is -3.94. The number of carbonyl (C=O) groups is 3. The van der Waals surface area contributed by atoms with E-state index in [1.807, 2.05) is 0 Å². The second-order valence-corrected chi connectivity index (χ2v) is 6.97. The molecular formula is C22H20N4O4. The minimum absolute atomic E-state index is 0.0982. The number of benzene rings is 2. The van der Waals surface area contributed by atoms with Crippen molar-refractivity contribution in [3.05, 3.63) is 72.1 Å². The smallest absolute Gasteiger partial charge is 0.343 e. The highest BCUT2D eigenvalue weighted by molar-refractivity contribution is 6.04. The molecule has 3 aromatic rings. The Labute approximate surface area is 173 Å². The van der Waals surface area contributed by atoms with Crippen LogP contribution in [-0.4, -0.2) is 34.1 Å². The van der Waals surface area contributed by atoms with E-state index >= 15 is 0 Å². The van der Waals surface area contributed by atoms with Gasteiger partial charge in [0.2, 0.25) is 5.91 Å². The number of nitrogens with zero attached hydrogens (tertiary/aromatic N) is 3. The fourth-order valence-electron chi connectivity index (χ4n) is 3.21. The lowest BCUT2D eigenvalue weighted by Crippen LogP contribution is -2.23. The van der Waals surface area contributed by atoms with Gasteiger partial charge in [-0.1, -0.05) is 0 Å². The van der Waals surface area contributed by atoms with E-state index in [2.05, 4.69) is 10.4 Å². The summed E-state index contributed by atoms with van der Waals surface area (Å²) in [5.41, 5.74) is 2.19. The van der Waals surface area contributed by atoms with Crippen LogP contribution in [-0.2, 0) is 11.8 Å². The van der Waals surface area contributed by atoms with Gasteiger partial charge in [-0.05, 0) is 55.0 Å². The van der Waals surface area contributed by atoms with Gasteiger partial charge < -0.3 is 15.0 Å². The van der Waals surface area contributed by atoms with Gasteiger partial charge in [0.15, 0.2) is 0 Å². The van der Waals surface area contributed by atoms with Crippen LogP contribution in [0.5, 0.6) is 5.75 Å². The first kappa shape index (κ1) is 19.4. The number of esters is 1. The summed E-state index contributed by atoms with van der Waals surface area (Å²) < 4.78 is 6.94. The van der Waals surface area contributed by atoms with E-state index in [0.717, 1.165) is 12.1 Å². The molecule has 1 N–H and O–H groups in total. The molecule has 8 nitrogen and oxygen atoms in total. The average molecular weight is 404 g/mol. The topological polar surface area (TPSA) is 93.5 Å². The Balaban J connectivity index is 1.36. The van der Waals surface area contributed by atoms with Crippen LogP contribution in [0.2, 0.25) is 0 Å². The SMILES string of the molecule is Cn1cc(C(=O)Nc2ccc(OC(=O)c3ccc(N4CCCC4=O)cc3)cc2)cn1. The van der Waals surface area contributed by atoms with Crippen molar-refractivity contribution in [3.63, 3.8) is 0 Å². The second-order valence-electron chi connectivity index (χ2n) is 6.97. The Kier molecular flexibility index (Phi) is 5.30. The molecule has 0 unspecified atom stereocenters. The molecule has 1 fully saturated rings. The number of amides is 2. The quantitative estimate of drug-likeness (QED) is 0.521. The summed E-state index contributed by atoms with van der Waals surface area (Å²) in [5, 5.41) is 6.72. The summed E-state index contributed by atoms with van der Waals surface area (Å²) in [6.07, 6.45) is 4.51. The van der Waals surface area contributed by atoms with Crippen LogP contribution < -0.4 is 15.0 Å². The van der Waals surface area contributed by atoms with Crippen LogP contribution in [0.3, 0.4) is 0 Å². The minimum atomic E-state index is -0.499. The molecule has 0 saturated carbocycles. The fourth-order valence-corrected chi connectivity index (χ4v) is 3.21. The molecule has 0 atom stereocenters. The zero-order chi connectivity index (χ0) is 21.1. The zero-order valence-corrected chi connectivity index (χ0v) is 16.4. The lowest BCUT2D eigenvalue weighted by atomic mass is 10.2. The number of ether oxygens (including phenoxy) is 1. The van der Waals surface area contributed by atoms with Crippen molar-refractivity contribution in [2.75, 3.05) is 16.8 Å². The van der Waals surface area contributed by atoms with Gasteiger partial charge in [-0.15, -0.1) is 0 Å². The Morgan fingerprint density at radius 1 is 1.03 bits per heavy atom. The van der Waals surface area contributed by atoms with Gasteiger partial charge in [-0.2, -0.15) is 5.10 Å². The largest absolute Gasteiger partial charge is 0.423 e. The molecule has 4 rings (SSSR count). The first-order valence-corrected chi connectivity index (χ1v) is 9.52. The highest BCUT2D eigenvalue weighted by Gasteiger charge is 2.21. The molecule has 0 radical (unpaired) electrons. The van der Waals surface area contributed by atoms with Crippen molar-refractivity contribution in [2.45, 2.75) is 12.8 Å². The summed E-state index contributed by atoms with van der Waals surface area (Å²) in [7, 11) is 1.74. The van der Waals surface area contributed by atoms with Crippen LogP contribution >= 0.6 is 0 Å². The van der Waals surface area contributed by atoms with Crippen molar-refractivity contribution in [2.24, 2.45) is 7.05 Å². The Bertz CT molecular complexity index is 1090. The molecule has 152 valence electrons. The van der Waals surface area contributed by atoms with E-state index < -0.39 is 5.97 Å². The van der Waals surface area contributed by atoms with Crippen LogP contribution in [0.15, 0.2) is 60.9 Å². The first-order chi connectivity index (χ1) is 14.5. The molecule has 1 aliphatic heterocycles. The molecule has 8 heteroatoms. The van der Waals surface area contributed by atoms with Gasteiger partial charge >= 0.3 is 5.97 Å². The zero-order valence-electron chi connectivity index (χ0n) is 16.4. The van der Waals surface area contributed by atoms with E-state index in [9.17, 15) is 14.4 Å². The van der Waals surface area contributed by atoms with Crippen molar-refractivity contribution < 1.29 is 19.1 Å². The predicted molar refractivity (Wildman–Crippen MR) is 111 cm³/mol. The maximum atomic E-state index is 12.4. The lowest BCUT2D eigenvalue weighted by Gasteiger charge is -2.15. The van der Waals surface area contributed by atoms with Gasteiger partial charge in [-0.25, -0.2) is 4.79 Å². The highest BCUT2D eigenvalue weighted by Crippen LogP contribution is 2.23. The number of carbonyl (C=O) groups excluding carboxylic acids is 3. The van der Waals surface area contributed by atoms with Crippen LogP contribution in [0.25, 0.3) is 0 Å². The average Bonchev–Trinajstić information content (AvgIpc) is 3.38. The molecule has 0 aliphatic carbocycles. The summed E-state index contributed by atoms with van der Waals surface area (Å²) in [6.45, 7) is 0.701. The van der Waals surface area contributed by atoms with E-state index in [-0.39, 0.29) is 11.8 Å². The van der Waals surface area contributed by atoms with Gasteiger partial charge in [0, 0.05) is 37.6 Å². The molecule has 2 amide bonds. The molecule has 0 spiro atoms. The molecule has 0 bridgehead atoms. The number of rotatable bonds is 5. The molecule has 2 heterocycles. The predicted octanol–water partition coefficient (Wildman–Crippen LogP) is 3.02. The Morgan fingerprint density at radius 2 is 1.77 bits per heavy atom. The third-order valence-corrected chi connectivity index (χ3v) is 4.78. The van der Waals surface area contributed by atoms with Gasteiger partial charge in [0.1, 0.15) is 5.75 Å². The van der Waals surface area contributed by atoms with Crippen molar-refractivity contribution in [3.8, 4) is 5.75 Å². The molecule has 1 aliphatic rings. The molecule has 1 saturated heterocycles. The van der Waals surface area contributed by atoms with Gasteiger partial charge in [-0.3, -0.25) is 14.3 Å². The Morgan fingerprint density at radius 3 is 2.37 bits per heavy atom. The molecule has 1 aromatic heterocycles. The summed E-state index contributed by atoms with van der Waals surface area (Å²) in [4.78, 5) is 38.1. The second kappa shape index (κ2) is 8.20. The van der Waals surface area contributed by atoms with E-state index in [4.69, 9.17) is 4.74 Å². The third-order valence-electron chi connectivity index (χ3n) is 4.78. The van der Waals surface area contributed by atoms with Crippen molar-refractivity contribution in [1.82, 2.24) is 9.78 Å². The summed E-state index contributed by atoms with van der Waals surface area (Å²) >= 11 is 0. The number of hydrogen-bond acceptors (Lipinski definition) is 5. The standard InChI is InChI=1S/C22H20N4O4/c1-25-14-16(13-23-25)21(28)24-17-6-10-19(11-7-17)30-22(29)15-4-8-18(9-5-15)26-12-2-3-20(26)27/h4-11,13-14H,2-3,12H2,1H3,(H,24,28). The number of hydrogen-bond donors (Lipinski definition) is 1. The molecular weight excluding hydrogens is 384 g/mol. The normalized spacial score (nSPS) is 13.4. The fraction of sp³-hybridized carbons (Fsp3) is 0.182. The van der Waals surface area contributed by atoms with Crippen LogP contribution in [0.1, 0.15) is 33.6 Å². The van der Waals surface area contributed by atoms with E-state index in [0.29, 0.717) is 35.5 Å². The van der Waals surface area contributed by atoms with Crippen LogP contribution in [0, 0.1) is 0 Å².